The van der Waals surface area contributed by atoms with Gasteiger partial charge < -0.3 is 0 Å². The van der Waals surface area contributed by atoms with Gasteiger partial charge in [-0.2, -0.15) is 0 Å². The fourth-order valence-corrected chi connectivity index (χ4v) is 1.83. The van der Waals surface area contributed by atoms with Crippen LogP contribution in [0.2, 0.25) is 0 Å². The Labute approximate surface area is 84.5 Å². The van der Waals surface area contributed by atoms with E-state index in [1.54, 1.807) is 0 Å². The summed E-state index contributed by atoms with van der Waals surface area (Å²) in [5.41, 5.74) is 1.20. The second-order valence-electron chi connectivity index (χ2n) is 4.13. The zero-order chi connectivity index (χ0) is 9.97. The maximum absolute atomic E-state index is 12.6. The molecule has 1 nitrogen and oxygen atoms in total. The quantitative estimate of drug-likeness (QED) is 0.713. The van der Waals surface area contributed by atoms with Gasteiger partial charge in [0.15, 0.2) is 0 Å². The lowest BCUT2D eigenvalue weighted by molar-refractivity contribution is 0.152. The summed E-state index contributed by atoms with van der Waals surface area (Å²) in [6.45, 7) is 0.935. The molecule has 0 bridgehead atoms. The molecule has 0 radical (unpaired) electrons. The Morgan fingerprint density at radius 2 is 1.93 bits per heavy atom. The third-order valence-electron chi connectivity index (χ3n) is 3.04. The van der Waals surface area contributed by atoms with E-state index in [0.29, 0.717) is 0 Å². The summed E-state index contributed by atoms with van der Waals surface area (Å²) in [7, 11) is 2.15. The van der Waals surface area contributed by atoms with Gasteiger partial charge in [0.25, 0.3) is 0 Å². The SMILES string of the molecule is CN(Cc1ccc(F)cc1)C1CCC1. The molecule has 0 N–H and O–H groups in total. The van der Waals surface area contributed by atoms with E-state index in [1.807, 2.05) is 12.1 Å². The van der Waals surface area contributed by atoms with Crippen LogP contribution in [0.25, 0.3) is 0 Å². The van der Waals surface area contributed by atoms with Gasteiger partial charge in [0.1, 0.15) is 5.82 Å². The summed E-state index contributed by atoms with van der Waals surface area (Å²) in [5, 5.41) is 0. The second-order valence-corrected chi connectivity index (χ2v) is 4.13. The molecule has 1 aliphatic carbocycles. The molecule has 0 heterocycles. The number of nitrogens with zero attached hydrogens (tertiary/aromatic N) is 1. The molecule has 0 aromatic heterocycles. The van der Waals surface area contributed by atoms with E-state index in [-0.39, 0.29) is 5.82 Å². The molecule has 1 aromatic carbocycles. The van der Waals surface area contributed by atoms with Crippen LogP contribution in [0.3, 0.4) is 0 Å². The molecule has 0 spiro atoms. The number of benzene rings is 1. The Bertz CT molecular complexity index is 290. The predicted molar refractivity (Wildman–Crippen MR) is 55.5 cm³/mol. The average Bonchev–Trinajstić information content (AvgIpc) is 2.06. The summed E-state index contributed by atoms with van der Waals surface area (Å²) < 4.78 is 12.6. The van der Waals surface area contributed by atoms with Gasteiger partial charge in [-0.1, -0.05) is 18.6 Å². The van der Waals surface area contributed by atoms with Crippen LogP contribution in [0.1, 0.15) is 24.8 Å². The molecular weight excluding hydrogens is 177 g/mol. The summed E-state index contributed by atoms with van der Waals surface area (Å²) in [6, 6.07) is 7.54. The lowest BCUT2D eigenvalue weighted by Gasteiger charge is -2.34. The molecule has 0 saturated heterocycles. The van der Waals surface area contributed by atoms with Gasteiger partial charge in [0.05, 0.1) is 0 Å². The van der Waals surface area contributed by atoms with Crippen molar-refractivity contribution in [2.75, 3.05) is 7.05 Å². The van der Waals surface area contributed by atoms with E-state index in [2.05, 4.69) is 11.9 Å². The Morgan fingerprint density at radius 1 is 1.29 bits per heavy atom. The van der Waals surface area contributed by atoms with Crippen LogP contribution in [-0.2, 0) is 6.54 Å². The maximum atomic E-state index is 12.6. The van der Waals surface area contributed by atoms with Gasteiger partial charge in [-0.3, -0.25) is 4.90 Å². The molecule has 2 heteroatoms. The van der Waals surface area contributed by atoms with Gasteiger partial charge in [-0.05, 0) is 37.6 Å². The molecule has 0 atom stereocenters. The number of hydrogen-bond donors (Lipinski definition) is 0. The highest BCUT2D eigenvalue weighted by molar-refractivity contribution is 5.16. The first-order valence-electron chi connectivity index (χ1n) is 5.20. The van der Waals surface area contributed by atoms with Crippen LogP contribution >= 0.6 is 0 Å². The zero-order valence-electron chi connectivity index (χ0n) is 8.54. The molecule has 0 aliphatic heterocycles. The molecule has 0 unspecified atom stereocenters. The minimum absolute atomic E-state index is 0.153. The van der Waals surface area contributed by atoms with Gasteiger partial charge in [0, 0.05) is 12.6 Å². The second kappa shape index (κ2) is 4.09. The van der Waals surface area contributed by atoms with Crippen LogP contribution in [0, 0.1) is 5.82 Å². The summed E-state index contributed by atoms with van der Waals surface area (Å²) in [6.07, 6.45) is 3.99. The molecule has 1 aromatic rings. The van der Waals surface area contributed by atoms with Crippen molar-refractivity contribution in [3.8, 4) is 0 Å². The fourth-order valence-electron chi connectivity index (χ4n) is 1.83. The number of hydrogen-bond acceptors (Lipinski definition) is 1. The summed E-state index contributed by atoms with van der Waals surface area (Å²) in [4.78, 5) is 2.36. The van der Waals surface area contributed by atoms with Crippen LogP contribution in [0.15, 0.2) is 24.3 Å². The Balaban J connectivity index is 1.92. The first kappa shape index (κ1) is 9.66. The Kier molecular flexibility index (Phi) is 2.82. The average molecular weight is 193 g/mol. The normalized spacial score (nSPS) is 17.1. The van der Waals surface area contributed by atoms with Crippen molar-refractivity contribution in [2.24, 2.45) is 0 Å². The van der Waals surface area contributed by atoms with Crippen LogP contribution < -0.4 is 0 Å². The van der Waals surface area contributed by atoms with Crippen LogP contribution in [0.4, 0.5) is 4.39 Å². The predicted octanol–water partition coefficient (Wildman–Crippen LogP) is 2.81. The standard InChI is InChI=1S/C12H16FN/c1-14(12-3-2-4-12)9-10-5-7-11(13)8-6-10/h5-8,12H,2-4,9H2,1H3. The highest BCUT2D eigenvalue weighted by atomic mass is 19.1. The molecule has 1 saturated carbocycles. The smallest absolute Gasteiger partial charge is 0.123 e. The van der Waals surface area contributed by atoms with Crippen LogP contribution in [0.5, 0.6) is 0 Å². The fraction of sp³-hybridized carbons (Fsp3) is 0.500. The van der Waals surface area contributed by atoms with Crippen molar-refractivity contribution in [2.45, 2.75) is 31.8 Å². The molecular formula is C12H16FN. The van der Waals surface area contributed by atoms with Crippen molar-refractivity contribution in [1.82, 2.24) is 4.90 Å². The third-order valence-corrected chi connectivity index (χ3v) is 3.04. The molecule has 14 heavy (non-hydrogen) atoms. The highest BCUT2D eigenvalue weighted by Gasteiger charge is 2.21. The largest absolute Gasteiger partial charge is 0.299 e. The molecule has 2 rings (SSSR count). The van der Waals surface area contributed by atoms with Gasteiger partial charge in [-0.25, -0.2) is 4.39 Å². The Hall–Kier alpha value is -0.890. The van der Waals surface area contributed by atoms with Crippen molar-refractivity contribution in [1.29, 1.82) is 0 Å². The lowest BCUT2D eigenvalue weighted by atomic mass is 9.91. The van der Waals surface area contributed by atoms with E-state index in [4.69, 9.17) is 0 Å². The maximum Gasteiger partial charge on any atom is 0.123 e. The molecule has 76 valence electrons. The molecule has 0 amide bonds. The third kappa shape index (κ3) is 2.13. The lowest BCUT2D eigenvalue weighted by Crippen LogP contribution is -2.36. The van der Waals surface area contributed by atoms with Crippen molar-refractivity contribution in [3.05, 3.63) is 35.6 Å². The van der Waals surface area contributed by atoms with E-state index >= 15 is 0 Å². The summed E-state index contributed by atoms with van der Waals surface area (Å²) >= 11 is 0. The van der Waals surface area contributed by atoms with Crippen molar-refractivity contribution < 1.29 is 4.39 Å². The van der Waals surface area contributed by atoms with E-state index < -0.39 is 0 Å². The van der Waals surface area contributed by atoms with Crippen molar-refractivity contribution >= 4 is 0 Å². The summed E-state index contributed by atoms with van der Waals surface area (Å²) in [5.74, 6) is -0.153. The van der Waals surface area contributed by atoms with E-state index in [1.165, 1.54) is 37.0 Å². The van der Waals surface area contributed by atoms with Gasteiger partial charge in [-0.15, -0.1) is 0 Å². The van der Waals surface area contributed by atoms with Gasteiger partial charge >= 0.3 is 0 Å². The number of halogens is 1. The minimum Gasteiger partial charge on any atom is -0.299 e. The number of rotatable bonds is 3. The van der Waals surface area contributed by atoms with Crippen LogP contribution in [-0.4, -0.2) is 18.0 Å². The first-order chi connectivity index (χ1) is 6.75. The molecule has 1 aliphatic rings. The monoisotopic (exact) mass is 193 g/mol. The highest BCUT2D eigenvalue weighted by Crippen LogP contribution is 2.24. The van der Waals surface area contributed by atoms with E-state index in [9.17, 15) is 4.39 Å². The van der Waals surface area contributed by atoms with Crippen molar-refractivity contribution in [3.63, 3.8) is 0 Å². The Morgan fingerprint density at radius 3 is 2.43 bits per heavy atom. The first-order valence-corrected chi connectivity index (χ1v) is 5.20. The van der Waals surface area contributed by atoms with E-state index in [0.717, 1.165) is 12.6 Å². The zero-order valence-corrected chi connectivity index (χ0v) is 8.54. The minimum atomic E-state index is -0.153. The molecule has 1 fully saturated rings. The topological polar surface area (TPSA) is 3.24 Å². The van der Waals surface area contributed by atoms with Gasteiger partial charge in [0.2, 0.25) is 0 Å².